The number of piperidine rings is 1. The summed E-state index contributed by atoms with van der Waals surface area (Å²) in [6.07, 6.45) is 6.43. The van der Waals surface area contributed by atoms with E-state index in [-0.39, 0.29) is 17.3 Å². The predicted molar refractivity (Wildman–Crippen MR) is 106 cm³/mol. The van der Waals surface area contributed by atoms with Gasteiger partial charge in [0.05, 0.1) is 17.7 Å². The van der Waals surface area contributed by atoms with Crippen LogP contribution in [0.4, 0.5) is 5.69 Å². The first-order valence-corrected chi connectivity index (χ1v) is 10.8. The molecule has 8 heteroatoms. The molecule has 7 nitrogen and oxygen atoms in total. The molecule has 0 aliphatic carbocycles. The maximum absolute atomic E-state index is 12.9. The Morgan fingerprint density at radius 1 is 1.14 bits per heavy atom. The molecule has 1 N–H and O–H groups in total. The van der Waals surface area contributed by atoms with Crippen molar-refractivity contribution in [1.29, 1.82) is 0 Å². The highest BCUT2D eigenvalue weighted by Gasteiger charge is 2.27. The predicted octanol–water partition coefficient (Wildman–Crippen LogP) is 2.10. The number of aryl methyl sites for hydroxylation is 1. The number of methoxy groups -OCH3 is 1. The molecule has 0 bridgehead atoms. The number of amides is 1. The molecule has 1 aromatic heterocycles. The number of hydrogen-bond acceptors (Lipinski definition) is 4. The molecule has 1 aliphatic heterocycles. The molecule has 150 valence electrons. The van der Waals surface area contributed by atoms with Gasteiger partial charge in [0.1, 0.15) is 5.75 Å². The number of pyridine rings is 1. The number of anilines is 1. The fraction of sp³-hybridized carbons (Fsp3) is 0.400. The lowest BCUT2D eigenvalue weighted by atomic mass is 10.2. The van der Waals surface area contributed by atoms with E-state index in [1.165, 1.54) is 23.5 Å². The molecule has 0 radical (unpaired) electrons. The Hall–Kier alpha value is -2.45. The zero-order valence-electron chi connectivity index (χ0n) is 16.2. The smallest absolute Gasteiger partial charge is 0.290 e. The van der Waals surface area contributed by atoms with Crippen molar-refractivity contribution in [2.24, 2.45) is 0 Å². The van der Waals surface area contributed by atoms with E-state index in [0.29, 0.717) is 24.5 Å². The van der Waals surface area contributed by atoms with Gasteiger partial charge in [-0.2, -0.15) is 8.87 Å². The Bertz CT molecular complexity index is 936. The number of sulfonamides is 1. The molecule has 2 aromatic rings. The molecule has 1 amide bonds. The molecule has 0 unspecified atom stereocenters. The van der Waals surface area contributed by atoms with Crippen molar-refractivity contribution in [3.05, 3.63) is 48.3 Å². The second-order valence-corrected chi connectivity index (χ2v) is 8.86. The van der Waals surface area contributed by atoms with E-state index in [9.17, 15) is 13.2 Å². The summed E-state index contributed by atoms with van der Waals surface area (Å²) in [5.41, 5.74) is 1.45. The summed E-state index contributed by atoms with van der Waals surface area (Å²) < 4.78 is 34.4. The monoisotopic (exact) mass is 404 g/mol. The minimum Gasteiger partial charge on any atom is -0.495 e. The third-order valence-corrected chi connectivity index (χ3v) is 6.68. The Labute approximate surface area is 166 Å². The van der Waals surface area contributed by atoms with Gasteiger partial charge in [0.25, 0.3) is 5.91 Å². The van der Waals surface area contributed by atoms with Gasteiger partial charge in [0, 0.05) is 25.2 Å². The molecule has 1 fully saturated rings. The van der Waals surface area contributed by atoms with Crippen LogP contribution in [0.3, 0.4) is 0 Å². The van der Waals surface area contributed by atoms with Crippen LogP contribution in [0.5, 0.6) is 5.75 Å². The van der Waals surface area contributed by atoms with E-state index in [4.69, 9.17) is 4.74 Å². The Morgan fingerprint density at radius 3 is 2.46 bits per heavy atom. The van der Waals surface area contributed by atoms with Gasteiger partial charge in [-0.15, -0.1) is 0 Å². The highest BCUT2D eigenvalue weighted by Crippen LogP contribution is 2.29. The summed E-state index contributed by atoms with van der Waals surface area (Å²) in [6.45, 7) is 3.15. The zero-order chi connectivity index (χ0) is 20.1. The van der Waals surface area contributed by atoms with Crippen LogP contribution >= 0.6 is 0 Å². The maximum Gasteiger partial charge on any atom is 0.290 e. The standard InChI is InChI=1S/C20H25N3O4S/c1-16-8-12-22(13-9-16)15-20(24)21-18-14-17(6-7-19(18)27-2)28(25,26)23-10-4-3-5-11-23/h6-9,12-14H,3-5,10-11,15H2,1-2H3/p+1. The van der Waals surface area contributed by atoms with Gasteiger partial charge in [-0.25, -0.2) is 8.42 Å². The van der Waals surface area contributed by atoms with Crippen LogP contribution in [0.2, 0.25) is 0 Å². The Kier molecular flexibility index (Phi) is 6.31. The van der Waals surface area contributed by atoms with Gasteiger partial charge in [0.2, 0.25) is 16.6 Å². The van der Waals surface area contributed by atoms with Crippen LogP contribution in [-0.2, 0) is 21.4 Å². The average Bonchev–Trinajstić information content (AvgIpc) is 2.70. The zero-order valence-corrected chi connectivity index (χ0v) is 17.0. The van der Waals surface area contributed by atoms with E-state index in [1.54, 1.807) is 10.6 Å². The van der Waals surface area contributed by atoms with Crippen LogP contribution in [-0.4, -0.2) is 38.8 Å². The topological polar surface area (TPSA) is 79.6 Å². The van der Waals surface area contributed by atoms with Crippen molar-refractivity contribution < 1.29 is 22.5 Å². The molecule has 28 heavy (non-hydrogen) atoms. The van der Waals surface area contributed by atoms with Crippen molar-refractivity contribution >= 4 is 21.6 Å². The number of carbonyl (C=O) groups is 1. The number of ether oxygens (including phenoxy) is 1. The van der Waals surface area contributed by atoms with Crippen molar-refractivity contribution in [2.75, 3.05) is 25.5 Å². The van der Waals surface area contributed by atoms with Gasteiger partial charge in [-0.05, 0) is 43.5 Å². The van der Waals surface area contributed by atoms with Gasteiger partial charge < -0.3 is 10.1 Å². The second kappa shape index (κ2) is 8.70. The number of hydrogen-bond donors (Lipinski definition) is 1. The first-order valence-electron chi connectivity index (χ1n) is 9.34. The number of benzene rings is 1. The van der Waals surface area contributed by atoms with Gasteiger partial charge in [0.15, 0.2) is 12.4 Å². The summed E-state index contributed by atoms with van der Waals surface area (Å²) in [4.78, 5) is 12.6. The van der Waals surface area contributed by atoms with Crippen molar-refractivity contribution in [3.8, 4) is 5.75 Å². The highest BCUT2D eigenvalue weighted by atomic mass is 32.2. The molecule has 0 spiro atoms. The van der Waals surface area contributed by atoms with E-state index >= 15 is 0 Å². The lowest BCUT2D eigenvalue weighted by molar-refractivity contribution is -0.684. The fourth-order valence-electron chi connectivity index (χ4n) is 3.19. The first kappa shape index (κ1) is 20.3. The molecule has 2 heterocycles. The lowest BCUT2D eigenvalue weighted by Gasteiger charge is -2.26. The van der Waals surface area contributed by atoms with Crippen LogP contribution in [0, 0.1) is 6.92 Å². The number of aromatic nitrogens is 1. The van der Waals surface area contributed by atoms with Crippen molar-refractivity contribution in [1.82, 2.24) is 4.31 Å². The largest absolute Gasteiger partial charge is 0.495 e. The molecule has 1 aromatic carbocycles. The lowest BCUT2D eigenvalue weighted by Crippen LogP contribution is -2.39. The van der Waals surface area contributed by atoms with E-state index < -0.39 is 10.0 Å². The van der Waals surface area contributed by atoms with Crippen molar-refractivity contribution in [3.63, 3.8) is 0 Å². The van der Waals surface area contributed by atoms with E-state index in [0.717, 1.165) is 24.8 Å². The average molecular weight is 405 g/mol. The molecule has 0 saturated carbocycles. The van der Waals surface area contributed by atoms with Gasteiger partial charge in [-0.3, -0.25) is 4.79 Å². The number of rotatable bonds is 6. The summed E-state index contributed by atoms with van der Waals surface area (Å²) in [7, 11) is -2.10. The SMILES string of the molecule is COc1ccc(S(=O)(=O)N2CCCCC2)cc1NC(=O)C[n+]1ccc(C)cc1. The van der Waals surface area contributed by atoms with Crippen LogP contribution in [0.25, 0.3) is 0 Å². The molecular weight excluding hydrogens is 378 g/mol. The molecule has 1 aliphatic rings. The van der Waals surface area contributed by atoms with Crippen molar-refractivity contribution in [2.45, 2.75) is 37.6 Å². The second-order valence-electron chi connectivity index (χ2n) is 6.92. The quantitative estimate of drug-likeness (QED) is 0.748. The van der Waals surface area contributed by atoms with Gasteiger partial charge in [-0.1, -0.05) is 6.42 Å². The molecule has 0 atom stereocenters. The molecule has 3 rings (SSSR count). The van der Waals surface area contributed by atoms with Crippen LogP contribution in [0.15, 0.2) is 47.6 Å². The molecular formula is C20H26N3O4S+. The molecule has 1 saturated heterocycles. The number of nitrogens with zero attached hydrogens (tertiary/aromatic N) is 2. The third kappa shape index (κ3) is 4.69. The Balaban J connectivity index is 1.80. The number of nitrogens with one attached hydrogen (secondary N) is 1. The minimum atomic E-state index is -3.59. The maximum atomic E-state index is 12.9. The Morgan fingerprint density at radius 2 is 1.82 bits per heavy atom. The normalized spacial score (nSPS) is 15.2. The summed E-state index contributed by atoms with van der Waals surface area (Å²) in [6, 6.07) is 8.40. The number of carbonyl (C=O) groups excluding carboxylic acids is 1. The minimum absolute atomic E-state index is 0.118. The summed E-state index contributed by atoms with van der Waals surface area (Å²) >= 11 is 0. The van der Waals surface area contributed by atoms with E-state index in [1.807, 2.05) is 31.5 Å². The summed E-state index contributed by atoms with van der Waals surface area (Å²) in [5, 5.41) is 2.77. The third-order valence-electron chi connectivity index (χ3n) is 4.78. The highest BCUT2D eigenvalue weighted by molar-refractivity contribution is 7.89. The fourth-order valence-corrected chi connectivity index (χ4v) is 4.74. The van der Waals surface area contributed by atoms with Crippen LogP contribution < -0.4 is 14.6 Å². The summed E-state index contributed by atoms with van der Waals surface area (Å²) in [5.74, 6) is 0.152. The van der Waals surface area contributed by atoms with E-state index in [2.05, 4.69) is 5.32 Å². The van der Waals surface area contributed by atoms with Gasteiger partial charge >= 0.3 is 0 Å². The van der Waals surface area contributed by atoms with Crippen LogP contribution in [0.1, 0.15) is 24.8 Å². The first-order chi connectivity index (χ1) is 13.4.